The normalized spacial score (nSPS) is 16.0. The third kappa shape index (κ3) is 4.68. The quantitative estimate of drug-likeness (QED) is 0.617. The van der Waals surface area contributed by atoms with Crippen LogP contribution in [0, 0.1) is 11.3 Å². The third-order valence-electron chi connectivity index (χ3n) is 3.88. The average molecular weight is 345 g/mol. The van der Waals surface area contributed by atoms with Crippen molar-refractivity contribution in [1.82, 2.24) is 4.90 Å². The molecule has 1 aromatic carbocycles. The van der Waals surface area contributed by atoms with Crippen molar-refractivity contribution in [2.45, 2.75) is 53.6 Å². The molecule has 0 spiro atoms. The zero-order valence-corrected chi connectivity index (χ0v) is 15.9. The molecule has 0 bridgehead atoms. The lowest BCUT2D eigenvalue weighted by atomic mass is 9.84. The number of nitrogens with zero attached hydrogens (tertiary/aromatic N) is 1. The maximum atomic E-state index is 12.6. The molecule has 25 heavy (non-hydrogen) atoms. The number of hydrogen-bond acceptors (Lipinski definition) is 4. The van der Waals surface area contributed by atoms with Gasteiger partial charge in [-0.05, 0) is 44.7 Å². The van der Waals surface area contributed by atoms with Crippen LogP contribution in [0.2, 0.25) is 0 Å². The molecule has 5 heteroatoms. The van der Waals surface area contributed by atoms with Crippen LogP contribution in [0.1, 0.15) is 68.7 Å². The number of benzene rings is 1. The Morgan fingerprint density at radius 3 is 1.88 bits per heavy atom. The topological polar surface area (TPSA) is 63.7 Å². The summed E-state index contributed by atoms with van der Waals surface area (Å²) in [6.45, 7) is 11.5. The Hall–Kier alpha value is -2.17. The minimum absolute atomic E-state index is 0.0402. The zero-order valence-electron chi connectivity index (χ0n) is 15.9. The Labute approximate surface area is 149 Å². The summed E-state index contributed by atoms with van der Waals surface area (Å²) in [7, 11) is 0. The second-order valence-corrected chi connectivity index (χ2v) is 8.76. The van der Waals surface area contributed by atoms with Gasteiger partial charge in [-0.3, -0.25) is 19.3 Å². The van der Waals surface area contributed by atoms with Gasteiger partial charge in [-0.2, -0.15) is 0 Å². The Kier molecular flexibility index (Phi) is 5.07. The van der Waals surface area contributed by atoms with E-state index in [0.29, 0.717) is 17.5 Å². The van der Waals surface area contributed by atoms with E-state index in [-0.39, 0.29) is 29.7 Å². The van der Waals surface area contributed by atoms with Crippen molar-refractivity contribution in [3.63, 3.8) is 0 Å². The van der Waals surface area contributed by atoms with Crippen LogP contribution in [0.15, 0.2) is 24.3 Å². The maximum absolute atomic E-state index is 12.6. The molecule has 1 aromatic rings. The monoisotopic (exact) mass is 345 g/mol. The first kappa shape index (κ1) is 19.2. The lowest BCUT2D eigenvalue weighted by Gasteiger charge is -2.30. The van der Waals surface area contributed by atoms with Crippen LogP contribution < -0.4 is 0 Å². The van der Waals surface area contributed by atoms with Gasteiger partial charge in [0.25, 0.3) is 11.8 Å². The fourth-order valence-electron chi connectivity index (χ4n) is 2.97. The molecule has 0 fully saturated rings. The molecule has 2 amide bonds. The molecule has 0 radical (unpaired) electrons. The average Bonchev–Trinajstić information content (AvgIpc) is 2.69. The van der Waals surface area contributed by atoms with Crippen molar-refractivity contribution in [1.29, 1.82) is 0 Å². The molecule has 0 N–H and O–H groups in total. The molecule has 0 aliphatic carbocycles. The van der Waals surface area contributed by atoms with Crippen LogP contribution in [-0.4, -0.2) is 34.8 Å². The highest BCUT2D eigenvalue weighted by atomic mass is 16.6. The van der Waals surface area contributed by atoms with E-state index < -0.39 is 11.5 Å². The van der Waals surface area contributed by atoms with Gasteiger partial charge in [-0.25, -0.2) is 0 Å². The minimum Gasteiger partial charge on any atom is -0.460 e. The Morgan fingerprint density at radius 2 is 1.48 bits per heavy atom. The second kappa shape index (κ2) is 6.62. The van der Waals surface area contributed by atoms with Gasteiger partial charge in [0, 0.05) is 6.54 Å². The fraction of sp³-hybridized carbons (Fsp3) is 0.550. The van der Waals surface area contributed by atoms with Gasteiger partial charge in [0.2, 0.25) is 0 Å². The van der Waals surface area contributed by atoms with Crippen molar-refractivity contribution in [3.8, 4) is 0 Å². The van der Waals surface area contributed by atoms with Gasteiger partial charge in [-0.15, -0.1) is 0 Å². The lowest BCUT2D eigenvalue weighted by molar-refractivity contribution is -0.161. The van der Waals surface area contributed by atoms with Crippen LogP contribution in [0.3, 0.4) is 0 Å². The number of fused-ring (bicyclic) bond motifs is 1. The number of amides is 2. The molecule has 1 aliphatic rings. The molecule has 5 nitrogen and oxygen atoms in total. The number of carbonyl (C=O) groups is 3. The van der Waals surface area contributed by atoms with Gasteiger partial charge in [-0.1, -0.05) is 32.9 Å². The summed E-state index contributed by atoms with van der Waals surface area (Å²) in [6.07, 6.45) is 0.523. The summed E-state index contributed by atoms with van der Waals surface area (Å²) in [5.74, 6) is -1.62. The molecule has 2 rings (SSSR count). The van der Waals surface area contributed by atoms with Gasteiger partial charge in [0.1, 0.15) is 5.60 Å². The highest BCUT2D eigenvalue weighted by Gasteiger charge is 2.39. The van der Waals surface area contributed by atoms with Crippen molar-refractivity contribution in [3.05, 3.63) is 35.4 Å². The van der Waals surface area contributed by atoms with Crippen LogP contribution in [0.25, 0.3) is 0 Å². The van der Waals surface area contributed by atoms with Gasteiger partial charge >= 0.3 is 5.97 Å². The molecule has 1 atom stereocenters. The molecular weight excluding hydrogens is 318 g/mol. The summed E-state index contributed by atoms with van der Waals surface area (Å²) >= 11 is 0. The highest BCUT2D eigenvalue weighted by molar-refractivity contribution is 6.21. The molecule has 0 aromatic heterocycles. The fourth-order valence-corrected chi connectivity index (χ4v) is 2.97. The van der Waals surface area contributed by atoms with E-state index >= 15 is 0 Å². The summed E-state index contributed by atoms with van der Waals surface area (Å²) in [5.41, 5.74) is 0.0347. The molecule has 1 unspecified atom stereocenters. The van der Waals surface area contributed by atoms with E-state index in [1.54, 1.807) is 45.0 Å². The van der Waals surface area contributed by atoms with Crippen LogP contribution >= 0.6 is 0 Å². The van der Waals surface area contributed by atoms with Crippen LogP contribution in [0.5, 0.6) is 0 Å². The first-order chi connectivity index (χ1) is 11.4. The van der Waals surface area contributed by atoms with Crippen molar-refractivity contribution in [2.75, 3.05) is 6.54 Å². The van der Waals surface area contributed by atoms with E-state index in [2.05, 4.69) is 0 Å². The van der Waals surface area contributed by atoms with Crippen molar-refractivity contribution >= 4 is 17.8 Å². The number of imide groups is 1. The highest BCUT2D eigenvalue weighted by Crippen LogP contribution is 2.30. The van der Waals surface area contributed by atoms with Gasteiger partial charge in [0.05, 0.1) is 17.0 Å². The largest absolute Gasteiger partial charge is 0.460 e. The number of esters is 1. The van der Waals surface area contributed by atoms with Gasteiger partial charge in [0.15, 0.2) is 0 Å². The first-order valence-electron chi connectivity index (χ1n) is 8.57. The van der Waals surface area contributed by atoms with Crippen LogP contribution in [0.4, 0.5) is 0 Å². The molecule has 0 saturated heterocycles. The Balaban J connectivity index is 2.24. The summed E-state index contributed by atoms with van der Waals surface area (Å²) in [4.78, 5) is 38.9. The molecular formula is C20H27NO4. The minimum atomic E-state index is -0.616. The predicted molar refractivity (Wildman–Crippen MR) is 95.2 cm³/mol. The van der Waals surface area contributed by atoms with E-state index in [1.165, 1.54) is 4.90 Å². The second-order valence-electron chi connectivity index (χ2n) is 8.76. The van der Waals surface area contributed by atoms with E-state index in [4.69, 9.17) is 4.74 Å². The lowest BCUT2D eigenvalue weighted by Crippen LogP contribution is -2.41. The number of hydrogen-bond donors (Lipinski definition) is 0. The standard InChI is InChI=1S/C20H27NO4/c1-19(2,3)11-13(18(24)25-20(4,5)6)12-21-16(22)14-9-7-8-10-15(14)17(21)23/h7-10,13H,11-12H2,1-6H3. The van der Waals surface area contributed by atoms with Crippen molar-refractivity contribution < 1.29 is 19.1 Å². The third-order valence-corrected chi connectivity index (χ3v) is 3.88. The SMILES string of the molecule is CC(C)(C)CC(CN1C(=O)c2ccccc2C1=O)C(=O)OC(C)(C)C. The predicted octanol–water partition coefficient (Wildman–Crippen LogP) is 3.68. The molecule has 0 saturated carbocycles. The van der Waals surface area contributed by atoms with E-state index in [1.807, 2.05) is 20.8 Å². The molecule has 1 heterocycles. The van der Waals surface area contributed by atoms with Crippen molar-refractivity contribution in [2.24, 2.45) is 11.3 Å². The molecule has 136 valence electrons. The van der Waals surface area contributed by atoms with E-state index in [9.17, 15) is 14.4 Å². The first-order valence-corrected chi connectivity index (χ1v) is 8.57. The summed E-state index contributed by atoms with van der Waals surface area (Å²) < 4.78 is 5.52. The van der Waals surface area contributed by atoms with Gasteiger partial charge < -0.3 is 4.74 Å². The van der Waals surface area contributed by atoms with Crippen LogP contribution in [-0.2, 0) is 9.53 Å². The number of ether oxygens (including phenoxy) is 1. The smallest absolute Gasteiger partial charge is 0.311 e. The number of carbonyl (C=O) groups excluding carboxylic acids is 3. The summed E-state index contributed by atoms with van der Waals surface area (Å²) in [6, 6.07) is 6.74. The zero-order chi connectivity index (χ0) is 19.0. The molecule has 1 aliphatic heterocycles. The Bertz CT molecular complexity index is 659. The number of rotatable bonds is 4. The van der Waals surface area contributed by atoms with E-state index in [0.717, 1.165) is 0 Å². The summed E-state index contributed by atoms with van der Waals surface area (Å²) in [5, 5.41) is 0. The Morgan fingerprint density at radius 1 is 1.00 bits per heavy atom. The maximum Gasteiger partial charge on any atom is 0.311 e.